The van der Waals surface area contributed by atoms with Crippen molar-refractivity contribution in [3.05, 3.63) is 35.4 Å². The zero-order chi connectivity index (χ0) is 14.8. The zero-order valence-electron chi connectivity index (χ0n) is 12.9. The molecule has 3 heteroatoms. The molecule has 0 atom stereocenters. The second-order valence-corrected chi connectivity index (χ2v) is 5.12. The van der Waals surface area contributed by atoms with Crippen LogP contribution < -0.4 is 5.43 Å². The minimum Gasteiger partial charge on any atom is -0.273 e. The first-order valence-electron chi connectivity index (χ1n) is 7.59. The van der Waals surface area contributed by atoms with Gasteiger partial charge in [0.2, 0.25) is 5.91 Å². The predicted molar refractivity (Wildman–Crippen MR) is 84.9 cm³/mol. The SMILES string of the molecule is CCCCCCC(=O)N/N=C(\CC)c1ccc(C)cc1. The van der Waals surface area contributed by atoms with Crippen LogP contribution >= 0.6 is 0 Å². The van der Waals surface area contributed by atoms with Crippen molar-refractivity contribution in [2.24, 2.45) is 5.10 Å². The van der Waals surface area contributed by atoms with Crippen molar-refractivity contribution in [3.8, 4) is 0 Å². The van der Waals surface area contributed by atoms with Gasteiger partial charge in [0, 0.05) is 6.42 Å². The molecular weight excluding hydrogens is 248 g/mol. The molecule has 20 heavy (non-hydrogen) atoms. The molecule has 0 aliphatic rings. The van der Waals surface area contributed by atoms with Gasteiger partial charge in [0.1, 0.15) is 0 Å². The summed E-state index contributed by atoms with van der Waals surface area (Å²) in [6, 6.07) is 8.22. The van der Waals surface area contributed by atoms with E-state index in [0.717, 1.165) is 30.5 Å². The summed E-state index contributed by atoms with van der Waals surface area (Å²) in [7, 11) is 0. The maximum Gasteiger partial charge on any atom is 0.240 e. The molecule has 110 valence electrons. The van der Waals surface area contributed by atoms with E-state index in [1.165, 1.54) is 18.4 Å². The van der Waals surface area contributed by atoms with Crippen molar-refractivity contribution in [2.75, 3.05) is 0 Å². The first-order valence-corrected chi connectivity index (χ1v) is 7.59. The molecule has 1 aromatic carbocycles. The Bertz CT molecular complexity index is 435. The summed E-state index contributed by atoms with van der Waals surface area (Å²) in [5.41, 5.74) is 5.90. The molecule has 0 aromatic heterocycles. The standard InChI is InChI=1S/C17H26N2O/c1-4-6-7-8-9-17(20)19-18-16(5-2)15-12-10-14(3)11-13-15/h10-13H,4-9H2,1-3H3,(H,19,20)/b18-16+. The molecule has 1 amide bonds. The highest BCUT2D eigenvalue weighted by molar-refractivity contribution is 6.00. The van der Waals surface area contributed by atoms with Crippen LogP contribution in [0.15, 0.2) is 29.4 Å². The van der Waals surface area contributed by atoms with Crippen molar-refractivity contribution in [3.63, 3.8) is 0 Å². The van der Waals surface area contributed by atoms with E-state index >= 15 is 0 Å². The van der Waals surface area contributed by atoms with Crippen LogP contribution in [0.2, 0.25) is 0 Å². The highest BCUT2D eigenvalue weighted by atomic mass is 16.2. The summed E-state index contributed by atoms with van der Waals surface area (Å²) in [6.07, 6.45) is 5.81. The van der Waals surface area contributed by atoms with Crippen molar-refractivity contribution in [1.82, 2.24) is 5.43 Å². The Kier molecular flexibility index (Phi) is 7.63. The van der Waals surface area contributed by atoms with E-state index in [9.17, 15) is 4.79 Å². The average molecular weight is 274 g/mol. The lowest BCUT2D eigenvalue weighted by molar-refractivity contribution is -0.121. The Labute approximate surface area is 122 Å². The highest BCUT2D eigenvalue weighted by Crippen LogP contribution is 2.07. The first-order chi connectivity index (χ1) is 9.67. The fourth-order valence-corrected chi connectivity index (χ4v) is 1.99. The van der Waals surface area contributed by atoms with E-state index < -0.39 is 0 Å². The van der Waals surface area contributed by atoms with E-state index in [1.807, 2.05) is 19.1 Å². The number of unbranched alkanes of at least 4 members (excludes halogenated alkanes) is 3. The van der Waals surface area contributed by atoms with Gasteiger partial charge in [-0.15, -0.1) is 0 Å². The maximum atomic E-state index is 11.7. The van der Waals surface area contributed by atoms with Crippen LogP contribution in [0.3, 0.4) is 0 Å². The fraction of sp³-hybridized carbons (Fsp3) is 0.529. The van der Waals surface area contributed by atoms with Gasteiger partial charge in [-0.25, -0.2) is 5.43 Å². The van der Waals surface area contributed by atoms with Gasteiger partial charge >= 0.3 is 0 Å². The van der Waals surface area contributed by atoms with Crippen molar-refractivity contribution in [2.45, 2.75) is 59.3 Å². The Morgan fingerprint density at radius 3 is 2.40 bits per heavy atom. The van der Waals surface area contributed by atoms with Crippen LogP contribution in [-0.4, -0.2) is 11.6 Å². The molecule has 0 saturated heterocycles. The Morgan fingerprint density at radius 1 is 1.10 bits per heavy atom. The van der Waals surface area contributed by atoms with Gasteiger partial charge in [-0.05, 0) is 25.3 Å². The van der Waals surface area contributed by atoms with Gasteiger partial charge in [-0.1, -0.05) is 62.9 Å². The summed E-state index contributed by atoms with van der Waals surface area (Å²) >= 11 is 0. The Morgan fingerprint density at radius 2 is 1.80 bits per heavy atom. The number of hydrogen-bond donors (Lipinski definition) is 1. The summed E-state index contributed by atoms with van der Waals surface area (Å²) < 4.78 is 0. The molecule has 0 aliphatic heterocycles. The van der Waals surface area contributed by atoms with Crippen molar-refractivity contribution >= 4 is 11.6 Å². The molecule has 1 aromatic rings. The Hall–Kier alpha value is -1.64. The normalized spacial score (nSPS) is 11.4. The zero-order valence-corrected chi connectivity index (χ0v) is 12.9. The highest BCUT2D eigenvalue weighted by Gasteiger charge is 2.03. The van der Waals surface area contributed by atoms with E-state index in [0.29, 0.717) is 6.42 Å². The van der Waals surface area contributed by atoms with Crippen LogP contribution in [0.1, 0.15) is 63.5 Å². The molecule has 0 fully saturated rings. The van der Waals surface area contributed by atoms with Crippen LogP contribution in [0, 0.1) is 6.92 Å². The lowest BCUT2D eigenvalue weighted by Gasteiger charge is -2.06. The number of carbonyl (C=O) groups excluding carboxylic acids is 1. The summed E-state index contributed by atoms with van der Waals surface area (Å²) in [6.45, 7) is 6.27. The van der Waals surface area contributed by atoms with Gasteiger partial charge in [0.15, 0.2) is 0 Å². The number of rotatable bonds is 8. The minimum absolute atomic E-state index is 0.0131. The average Bonchev–Trinajstić information content (AvgIpc) is 2.46. The molecule has 0 heterocycles. The van der Waals surface area contributed by atoms with E-state index in [-0.39, 0.29) is 5.91 Å². The quantitative estimate of drug-likeness (QED) is 0.431. The third-order valence-electron chi connectivity index (χ3n) is 3.29. The number of aryl methyl sites for hydroxylation is 1. The second kappa shape index (κ2) is 9.29. The summed E-state index contributed by atoms with van der Waals surface area (Å²) in [5.74, 6) is 0.0131. The van der Waals surface area contributed by atoms with E-state index in [4.69, 9.17) is 0 Å². The fourth-order valence-electron chi connectivity index (χ4n) is 1.99. The largest absolute Gasteiger partial charge is 0.273 e. The molecule has 0 aliphatic carbocycles. The van der Waals surface area contributed by atoms with Gasteiger partial charge in [0.25, 0.3) is 0 Å². The number of nitrogens with zero attached hydrogens (tertiary/aromatic N) is 1. The molecule has 1 N–H and O–H groups in total. The van der Waals surface area contributed by atoms with Crippen LogP contribution in [0.25, 0.3) is 0 Å². The minimum atomic E-state index is 0.0131. The number of hydrogen-bond acceptors (Lipinski definition) is 2. The van der Waals surface area contributed by atoms with Crippen molar-refractivity contribution < 1.29 is 4.79 Å². The predicted octanol–water partition coefficient (Wildman–Crippen LogP) is 4.20. The first kappa shape index (κ1) is 16.4. The maximum absolute atomic E-state index is 11.7. The topological polar surface area (TPSA) is 41.5 Å². The number of carbonyl (C=O) groups is 1. The molecule has 0 spiro atoms. The monoisotopic (exact) mass is 274 g/mol. The second-order valence-electron chi connectivity index (χ2n) is 5.12. The Balaban J connectivity index is 2.49. The number of amides is 1. The van der Waals surface area contributed by atoms with Gasteiger partial charge in [0.05, 0.1) is 5.71 Å². The third kappa shape index (κ3) is 6.00. The summed E-state index contributed by atoms with van der Waals surface area (Å²) in [4.78, 5) is 11.7. The van der Waals surface area contributed by atoms with Crippen LogP contribution in [0.4, 0.5) is 0 Å². The van der Waals surface area contributed by atoms with Gasteiger partial charge in [-0.2, -0.15) is 5.10 Å². The number of nitrogens with one attached hydrogen (secondary N) is 1. The summed E-state index contributed by atoms with van der Waals surface area (Å²) in [5, 5.41) is 4.26. The smallest absolute Gasteiger partial charge is 0.240 e. The van der Waals surface area contributed by atoms with Crippen LogP contribution in [-0.2, 0) is 4.79 Å². The molecule has 0 saturated carbocycles. The lowest BCUT2D eigenvalue weighted by atomic mass is 10.1. The van der Waals surface area contributed by atoms with E-state index in [2.05, 4.69) is 36.5 Å². The van der Waals surface area contributed by atoms with Gasteiger partial charge < -0.3 is 0 Å². The number of hydrazone groups is 1. The van der Waals surface area contributed by atoms with Crippen molar-refractivity contribution in [1.29, 1.82) is 0 Å². The molecule has 0 radical (unpaired) electrons. The van der Waals surface area contributed by atoms with Crippen LogP contribution in [0.5, 0.6) is 0 Å². The number of benzene rings is 1. The van der Waals surface area contributed by atoms with Gasteiger partial charge in [-0.3, -0.25) is 4.79 Å². The molecule has 3 nitrogen and oxygen atoms in total. The molecule has 1 rings (SSSR count). The molecule has 0 unspecified atom stereocenters. The van der Waals surface area contributed by atoms with E-state index in [1.54, 1.807) is 0 Å². The third-order valence-corrected chi connectivity index (χ3v) is 3.29. The lowest BCUT2D eigenvalue weighted by Crippen LogP contribution is -2.19. The molecule has 0 bridgehead atoms. The molecular formula is C17H26N2O.